The molecule has 2 N–H and O–H groups in total. The Labute approximate surface area is 109 Å². The molecule has 0 amide bonds. The lowest BCUT2D eigenvalue weighted by atomic mass is 9.96. The maximum Gasteiger partial charge on any atom is 0.0740 e. The van der Waals surface area contributed by atoms with Crippen LogP contribution in [0, 0.1) is 0 Å². The van der Waals surface area contributed by atoms with Crippen LogP contribution in [0.2, 0.25) is 0 Å². The van der Waals surface area contributed by atoms with Crippen LogP contribution >= 0.6 is 0 Å². The summed E-state index contributed by atoms with van der Waals surface area (Å²) < 4.78 is 5.74. The Morgan fingerprint density at radius 3 is 2.56 bits per heavy atom. The van der Waals surface area contributed by atoms with E-state index in [0.717, 1.165) is 39.2 Å². The molecule has 0 radical (unpaired) electrons. The van der Waals surface area contributed by atoms with Gasteiger partial charge in [-0.3, -0.25) is 0 Å². The Morgan fingerprint density at radius 1 is 1.06 bits per heavy atom. The predicted octanol–water partition coefficient (Wildman–Crippen LogP) is 1.29. The topological polar surface area (TPSA) is 33.3 Å². The van der Waals surface area contributed by atoms with Crippen LogP contribution in [0.25, 0.3) is 0 Å². The van der Waals surface area contributed by atoms with Gasteiger partial charge in [0.05, 0.1) is 12.7 Å². The first kappa shape index (κ1) is 12.2. The van der Waals surface area contributed by atoms with Crippen molar-refractivity contribution in [1.29, 1.82) is 0 Å². The molecule has 2 atom stereocenters. The van der Waals surface area contributed by atoms with Gasteiger partial charge in [-0.05, 0) is 36.4 Å². The van der Waals surface area contributed by atoms with E-state index < -0.39 is 0 Å². The third-order valence-electron chi connectivity index (χ3n) is 3.98. The molecule has 3 rings (SSSR count). The van der Waals surface area contributed by atoms with E-state index in [-0.39, 0.29) is 0 Å². The van der Waals surface area contributed by atoms with Gasteiger partial charge >= 0.3 is 0 Å². The number of hydrogen-bond acceptors (Lipinski definition) is 3. The van der Waals surface area contributed by atoms with Crippen molar-refractivity contribution in [2.24, 2.45) is 0 Å². The summed E-state index contributed by atoms with van der Waals surface area (Å²) in [5.41, 5.74) is 2.87. The van der Waals surface area contributed by atoms with Crippen molar-refractivity contribution in [3.05, 3.63) is 35.4 Å². The van der Waals surface area contributed by atoms with E-state index in [1.807, 2.05) is 0 Å². The Bertz CT molecular complexity index is 365. The summed E-state index contributed by atoms with van der Waals surface area (Å²) in [7, 11) is 0. The quantitative estimate of drug-likeness (QED) is 0.843. The zero-order chi connectivity index (χ0) is 12.2. The van der Waals surface area contributed by atoms with E-state index in [1.165, 1.54) is 17.5 Å². The Kier molecular flexibility index (Phi) is 3.93. The third kappa shape index (κ3) is 2.91. The van der Waals surface area contributed by atoms with Crippen LogP contribution in [0.1, 0.15) is 23.5 Å². The van der Waals surface area contributed by atoms with Crippen molar-refractivity contribution in [3.8, 4) is 0 Å². The van der Waals surface area contributed by atoms with Crippen LogP contribution in [0.5, 0.6) is 0 Å². The van der Waals surface area contributed by atoms with E-state index in [4.69, 9.17) is 4.74 Å². The van der Waals surface area contributed by atoms with Crippen LogP contribution < -0.4 is 10.6 Å². The van der Waals surface area contributed by atoms with Crippen LogP contribution in [0.4, 0.5) is 0 Å². The lowest BCUT2D eigenvalue weighted by Crippen LogP contribution is -2.39. The molecule has 98 valence electrons. The molecule has 2 unspecified atom stereocenters. The summed E-state index contributed by atoms with van der Waals surface area (Å²) in [4.78, 5) is 0. The highest BCUT2D eigenvalue weighted by Gasteiger charge is 2.17. The van der Waals surface area contributed by atoms with E-state index in [2.05, 4.69) is 34.9 Å². The van der Waals surface area contributed by atoms with Gasteiger partial charge < -0.3 is 15.4 Å². The first-order valence-corrected chi connectivity index (χ1v) is 7.04. The molecule has 18 heavy (non-hydrogen) atoms. The Hall–Kier alpha value is -0.900. The van der Waals surface area contributed by atoms with Crippen LogP contribution in [0.3, 0.4) is 0 Å². The van der Waals surface area contributed by atoms with Crippen molar-refractivity contribution in [2.75, 3.05) is 32.8 Å². The second kappa shape index (κ2) is 5.83. The molecule has 1 aromatic rings. The van der Waals surface area contributed by atoms with Crippen molar-refractivity contribution < 1.29 is 4.74 Å². The van der Waals surface area contributed by atoms with E-state index in [9.17, 15) is 0 Å². The Morgan fingerprint density at radius 2 is 1.89 bits per heavy atom. The largest absolute Gasteiger partial charge is 0.375 e. The van der Waals surface area contributed by atoms with Crippen LogP contribution in [-0.4, -0.2) is 38.9 Å². The maximum atomic E-state index is 5.74. The molecular formula is C15H22N2O. The molecule has 2 saturated heterocycles. The van der Waals surface area contributed by atoms with Gasteiger partial charge in [-0.15, -0.1) is 0 Å². The summed E-state index contributed by atoms with van der Waals surface area (Å²) in [6.07, 6.45) is 2.64. The summed E-state index contributed by atoms with van der Waals surface area (Å²) in [5.74, 6) is 0.714. The smallest absolute Gasteiger partial charge is 0.0740 e. The molecular weight excluding hydrogens is 224 g/mol. The predicted molar refractivity (Wildman–Crippen MR) is 73.0 cm³/mol. The molecule has 2 aliphatic rings. The second-order valence-corrected chi connectivity index (χ2v) is 5.33. The van der Waals surface area contributed by atoms with Gasteiger partial charge in [0.2, 0.25) is 0 Å². The summed E-state index contributed by atoms with van der Waals surface area (Å²) in [6.45, 7) is 5.11. The molecule has 3 heteroatoms. The molecule has 0 aliphatic carbocycles. The van der Waals surface area contributed by atoms with E-state index in [0.29, 0.717) is 12.0 Å². The highest BCUT2D eigenvalue weighted by molar-refractivity contribution is 5.27. The molecule has 1 aromatic carbocycles. The normalized spacial score (nSPS) is 28.4. The first-order valence-electron chi connectivity index (χ1n) is 7.04. The molecule has 2 fully saturated rings. The fourth-order valence-electron chi connectivity index (χ4n) is 2.88. The summed E-state index contributed by atoms with van der Waals surface area (Å²) in [6, 6.07) is 9.13. The number of hydrogen-bond donors (Lipinski definition) is 2. The van der Waals surface area contributed by atoms with Gasteiger partial charge in [0.1, 0.15) is 0 Å². The summed E-state index contributed by atoms with van der Waals surface area (Å²) in [5, 5.41) is 6.80. The zero-order valence-electron chi connectivity index (χ0n) is 10.8. The van der Waals surface area contributed by atoms with Crippen LogP contribution in [-0.2, 0) is 11.2 Å². The fraction of sp³-hybridized carbons (Fsp3) is 0.600. The molecule has 2 aliphatic heterocycles. The third-order valence-corrected chi connectivity index (χ3v) is 3.98. The van der Waals surface area contributed by atoms with Crippen molar-refractivity contribution in [3.63, 3.8) is 0 Å². The molecule has 0 spiro atoms. The van der Waals surface area contributed by atoms with Crippen LogP contribution in [0.15, 0.2) is 24.3 Å². The van der Waals surface area contributed by atoms with Crippen molar-refractivity contribution in [1.82, 2.24) is 10.6 Å². The van der Waals surface area contributed by atoms with Gasteiger partial charge in [0.15, 0.2) is 0 Å². The number of rotatable bonds is 3. The van der Waals surface area contributed by atoms with E-state index in [1.54, 1.807) is 0 Å². The minimum absolute atomic E-state index is 0.345. The molecule has 0 bridgehead atoms. The first-order chi connectivity index (χ1) is 8.92. The molecule has 3 nitrogen and oxygen atoms in total. The average molecular weight is 246 g/mol. The van der Waals surface area contributed by atoms with Gasteiger partial charge in [0.25, 0.3) is 0 Å². The maximum absolute atomic E-state index is 5.74. The fourth-order valence-corrected chi connectivity index (χ4v) is 2.88. The minimum Gasteiger partial charge on any atom is -0.375 e. The van der Waals surface area contributed by atoms with Crippen molar-refractivity contribution >= 4 is 0 Å². The van der Waals surface area contributed by atoms with E-state index >= 15 is 0 Å². The number of ether oxygens (including phenoxy) is 1. The standard InChI is InChI=1S/C15H22N2O/c1-3-13(14-5-6-16-10-14)4-2-12(1)9-15-11-17-7-8-18-15/h1-4,14-17H,5-11H2. The number of morpholine rings is 1. The lowest BCUT2D eigenvalue weighted by molar-refractivity contribution is 0.0292. The minimum atomic E-state index is 0.345. The van der Waals surface area contributed by atoms with Gasteiger partial charge in [-0.25, -0.2) is 0 Å². The summed E-state index contributed by atoms with van der Waals surface area (Å²) >= 11 is 0. The second-order valence-electron chi connectivity index (χ2n) is 5.33. The van der Waals surface area contributed by atoms with Gasteiger partial charge in [0, 0.05) is 19.6 Å². The van der Waals surface area contributed by atoms with Crippen molar-refractivity contribution in [2.45, 2.75) is 24.9 Å². The molecule has 0 aromatic heterocycles. The number of nitrogens with one attached hydrogen (secondary N) is 2. The number of benzene rings is 1. The molecule has 2 heterocycles. The molecule has 0 saturated carbocycles. The SMILES string of the molecule is c1cc(C2CCNC2)ccc1CC1CNCCO1. The lowest BCUT2D eigenvalue weighted by Gasteiger charge is -2.23. The highest BCUT2D eigenvalue weighted by atomic mass is 16.5. The Balaban J connectivity index is 1.59. The zero-order valence-corrected chi connectivity index (χ0v) is 10.8. The van der Waals surface area contributed by atoms with Gasteiger partial charge in [-0.1, -0.05) is 24.3 Å². The highest BCUT2D eigenvalue weighted by Crippen LogP contribution is 2.22. The monoisotopic (exact) mass is 246 g/mol. The average Bonchev–Trinajstić information content (AvgIpc) is 2.95. The van der Waals surface area contributed by atoms with Gasteiger partial charge in [-0.2, -0.15) is 0 Å².